The molecule has 0 radical (unpaired) electrons. The molecule has 6 N–H and O–H groups in total. The third-order valence-corrected chi connectivity index (χ3v) is 18.0. The van der Waals surface area contributed by atoms with Crippen LogP contribution in [0, 0.1) is 24.7 Å². The van der Waals surface area contributed by atoms with E-state index in [1.54, 1.807) is 55.4 Å². The van der Waals surface area contributed by atoms with E-state index in [4.69, 9.17) is 14.2 Å². The number of carbonyl (C=O) groups is 14. The smallest absolute Gasteiger partial charge is 0.329 e. The van der Waals surface area contributed by atoms with E-state index in [0.29, 0.717) is 24.8 Å². The number of likely N-dealkylation sites (N-methyl/N-ethyl adjacent to an activating group) is 4. The van der Waals surface area contributed by atoms with Gasteiger partial charge in [-0.3, -0.25) is 57.5 Å². The molecule has 93 heavy (non-hydrogen) atoms. The van der Waals surface area contributed by atoms with Gasteiger partial charge in [-0.1, -0.05) is 61.0 Å². The Hall–Kier alpha value is -8.92. The molecule has 7 rings (SSSR count). The lowest BCUT2D eigenvalue weighted by atomic mass is 9.87. The minimum absolute atomic E-state index is 0.0364. The number of anilines is 1. The molecule has 1 aliphatic carbocycles. The number of rotatable bonds is 10. The van der Waals surface area contributed by atoms with Crippen LogP contribution in [0.5, 0.6) is 5.75 Å². The molecular weight excluding hydrogens is 1210 g/mol. The lowest BCUT2D eigenvalue weighted by Gasteiger charge is -2.38. The molecule has 0 spiro atoms. The van der Waals surface area contributed by atoms with Gasteiger partial charge in [0.05, 0.1) is 29.9 Å². The summed E-state index contributed by atoms with van der Waals surface area (Å²) in [5, 5.41) is 16.4. The third kappa shape index (κ3) is 15.0. The molecule has 29 nitrogen and oxygen atoms in total. The number of benzene rings is 1. The Kier molecular flexibility index (Phi) is 22.6. The number of esters is 2. The van der Waals surface area contributed by atoms with Crippen molar-refractivity contribution in [2.75, 3.05) is 59.7 Å². The second kappa shape index (κ2) is 29.4. The first kappa shape index (κ1) is 71.5. The van der Waals surface area contributed by atoms with E-state index in [-0.39, 0.29) is 60.7 Å². The summed E-state index contributed by atoms with van der Waals surface area (Å²) in [5.74, 6) is -13.5. The topological polar surface area (TPSA) is 358 Å². The zero-order valence-corrected chi connectivity index (χ0v) is 55.9. The molecule has 0 saturated carbocycles. The Morgan fingerprint density at radius 1 is 0.634 bits per heavy atom. The van der Waals surface area contributed by atoms with Gasteiger partial charge in [0.15, 0.2) is 5.75 Å². The minimum atomic E-state index is -1.92. The lowest BCUT2D eigenvalue weighted by Crippen LogP contribution is -2.62. The summed E-state index contributed by atoms with van der Waals surface area (Å²) in [7, 11) is 5.57. The molecule has 5 aliphatic heterocycles. The van der Waals surface area contributed by atoms with Crippen LogP contribution in [-0.2, 0) is 71.8 Å². The highest BCUT2D eigenvalue weighted by Crippen LogP contribution is 2.44. The van der Waals surface area contributed by atoms with Gasteiger partial charge >= 0.3 is 11.9 Å². The third-order valence-electron chi connectivity index (χ3n) is 18.0. The van der Waals surface area contributed by atoms with Crippen LogP contribution in [0.4, 0.5) is 5.69 Å². The largest absolute Gasteiger partial charge is 0.458 e. The fourth-order valence-corrected chi connectivity index (χ4v) is 12.9. The molecule has 5 heterocycles. The number of ketones is 1. The Bertz CT molecular complexity index is 3300. The molecule has 1 aromatic carbocycles. The van der Waals surface area contributed by atoms with E-state index in [1.165, 1.54) is 80.7 Å². The summed E-state index contributed by atoms with van der Waals surface area (Å²) >= 11 is 0. The van der Waals surface area contributed by atoms with E-state index in [1.807, 2.05) is 0 Å². The van der Waals surface area contributed by atoms with Crippen LogP contribution in [-0.4, -0.2) is 233 Å². The molecule has 6 aliphatic rings. The van der Waals surface area contributed by atoms with Crippen molar-refractivity contribution < 1.29 is 81.3 Å². The number of ether oxygens (including phenoxy) is 3. The Labute approximate surface area is 541 Å². The zero-order chi connectivity index (χ0) is 69.1. The number of Topliss-reactive ketones (excluding diaryl/α,β-unsaturated/α-hetero) is 1. The Balaban J connectivity index is 1.29. The zero-order valence-electron chi connectivity index (χ0n) is 55.9. The monoisotopic (exact) mass is 1300 g/mol. The highest BCUT2D eigenvalue weighted by molar-refractivity contribution is 6.18. The number of nitrogens with zero attached hydrogens (tertiary/aromatic N) is 6. The highest BCUT2D eigenvalue weighted by atomic mass is 16.6. The molecule has 1 aromatic rings. The number of amides is 11. The van der Waals surface area contributed by atoms with Gasteiger partial charge < -0.3 is 75.5 Å². The molecule has 11 amide bonds. The minimum Gasteiger partial charge on any atom is -0.458 e. The maximum atomic E-state index is 15.5. The average Bonchev–Trinajstić information content (AvgIpc) is 1.23. The van der Waals surface area contributed by atoms with Gasteiger partial charge in [0.2, 0.25) is 58.9 Å². The number of aryl methyl sites for hydroxylation is 1. The van der Waals surface area contributed by atoms with Crippen LogP contribution in [0.3, 0.4) is 0 Å². The van der Waals surface area contributed by atoms with E-state index in [9.17, 15) is 52.7 Å². The summed E-state index contributed by atoms with van der Waals surface area (Å²) < 4.78 is 18.5. The molecule has 29 heteroatoms. The van der Waals surface area contributed by atoms with Crippen molar-refractivity contribution in [3.05, 3.63) is 45.9 Å². The van der Waals surface area contributed by atoms with Crippen molar-refractivity contribution in [3.8, 4) is 5.75 Å². The standard InChI is InChI=1S/C64H90N12O17/c1-17-20-38-59(85)75-25-18-21-39(75)60(86)71(13)27-41(78)73(15)50(30(4)5)63(89)91-34(10)45(57(83)66-38)69-55(81)37-24-23-32(8)53-47(37)67-49-43(48(65-36(12)77)52(80)33(9)54(49)93-53)56(82)70-46-35(11)92-64(90)51(31(6)7)74(16)42(79)28-72(14)61(87)40-22-19-26-76(40)62(88)44(29(2)3)68-58(46)84/h23-24,29-31,34-35,38-40,44-46,49-51,67H,17-22,25-28H2,1-16H3,(H,65,77)(H,66,83)(H,68,84)(H,69,81)(H,70,82). The first-order valence-corrected chi connectivity index (χ1v) is 31.7. The SMILES string of the molecule is CCCC1NC(=O)C(NC(=O)c2ccc(C)c3c2NC2C(=C(C)C(=O)C(NC(C)=O)=C2C(=O)NC2C(=O)NC(C(C)C)C(=O)N4CCCC4C(=O)N(C)CC(=O)N(C)C(C(C)C)C(=O)OC2C)O3)C(C)OC(=O)C(C(C)C)N(C)C(=O)CN(C)C(=O)C2CCCN2C1=O. The Morgan fingerprint density at radius 2 is 1.12 bits per heavy atom. The van der Waals surface area contributed by atoms with Crippen molar-refractivity contribution in [2.24, 2.45) is 17.8 Å². The van der Waals surface area contributed by atoms with Gasteiger partial charge in [-0.15, -0.1) is 0 Å². The van der Waals surface area contributed by atoms with Gasteiger partial charge in [-0.2, -0.15) is 0 Å². The molecule has 0 bridgehead atoms. The summed E-state index contributed by atoms with van der Waals surface area (Å²) in [6.07, 6.45) is -1.24. The van der Waals surface area contributed by atoms with Crippen LogP contribution in [0.2, 0.25) is 0 Å². The molecular formula is C64H90N12O17. The maximum Gasteiger partial charge on any atom is 0.329 e. The van der Waals surface area contributed by atoms with Crippen molar-refractivity contribution >= 4 is 88.4 Å². The number of carbonyl (C=O) groups excluding carboxylic acids is 14. The van der Waals surface area contributed by atoms with Crippen molar-refractivity contribution in [1.29, 1.82) is 0 Å². The summed E-state index contributed by atoms with van der Waals surface area (Å²) in [4.78, 5) is 209. The van der Waals surface area contributed by atoms with Crippen LogP contribution >= 0.6 is 0 Å². The quantitative estimate of drug-likeness (QED) is 0.170. The fourth-order valence-electron chi connectivity index (χ4n) is 12.9. The molecule has 11 unspecified atom stereocenters. The Morgan fingerprint density at radius 3 is 1.59 bits per heavy atom. The van der Waals surface area contributed by atoms with Crippen LogP contribution in [0.15, 0.2) is 34.7 Å². The predicted octanol–water partition coefficient (Wildman–Crippen LogP) is 0.179. The number of hydrogen-bond acceptors (Lipinski definition) is 18. The highest BCUT2D eigenvalue weighted by Gasteiger charge is 2.49. The molecule has 0 aromatic heterocycles. The molecule has 11 atom stereocenters. The number of cyclic esters (lactones) is 2. The first-order chi connectivity index (χ1) is 43.6. The predicted molar refractivity (Wildman–Crippen MR) is 333 cm³/mol. The number of hydrogen-bond donors (Lipinski definition) is 6. The van der Waals surface area contributed by atoms with Crippen molar-refractivity contribution in [1.82, 2.24) is 56.0 Å². The van der Waals surface area contributed by atoms with E-state index >= 15 is 14.4 Å². The van der Waals surface area contributed by atoms with Gasteiger partial charge in [0.25, 0.3) is 11.8 Å². The van der Waals surface area contributed by atoms with E-state index < -0.39 is 191 Å². The van der Waals surface area contributed by atoms with Crippen molar-refractivity contribution in [3.63, 3.8) is 0 Å². The van der Waals surface area contributed by atoms with E-state index in [2.05, 4.69) is 31.9 Å². The van der Waals surface area contributed by atoms with Gasteiger partial charge in [0.1, 0.15) is 78.0 Å². The number of nitrogens with one attached hydrogen (secondary N) is 6. The van der Waals surface area contributed by atoms with Crippen LogP contribution in [0.25, 0.3) is 0 Å². The summed E-state index contributed by atoms with van der Waals surface area (Å²) in [6, 6.07) is -9.53. The van der Waals surface area contributed by atoms with Crippen LogP contribution < -0.4 is 36.6 Å². The van der Waals surface area contributed by atoms with Crippen molar-refractivity contribution in [2.45, 2.75) is 188 Å². The van der Waals surface area contributed by atoms with Gasteiger partial charge in [-0.25, -0.2) is 9.59 Å². The average molecular weight is 1300 g/mol. The van der Waals surface area contributed by atoms with Gasteiger partial charge in [0, 0.05) is 53.8 Å². The van der Waals surface area contributed by atoms with Gasteiger partial charge in [-0.05, 0) is 89.2 Å². The maximum absolute atomic E-state index is 15.5. The van der Waals surface area contributed by atoms with E-state index in [0.717, 1.165) is 16.7 Å². The first-order valence-electron chi connectivity index (χ1n) is 31.7. The number of fused-ring (bicyclic) bond motifs is 4. The summed E-state index contributed by atoms with van der Waals surface area (Å²) in [5.41, 5.74) is -1.28. The number of allylic oxidation sites excluding steroid dienone is 1. The summed E-state index contributed by atoms with van der Waals surface area (Å²) in [6.45, 7) is 17.8. The second-order valence-electron chi connectivity index (χ2n) is 26.0. The molecule has 4 saturated heterocycles. The van der Waals surface area contributed by atoms with Crippen LogP contribution in [0.1, 0.15) is 131 Å². The lowest BCUT2D eigenvalue weighted by molar-refractivity contribution is -0.163. The normalized spacial score (nSPS) is 27.7. The second-order valence-corrected chi connectivity index (χ2v) is 26.0. The molecule has 508 valence electrons. The molecule has 4 fully saturated rings. The fraction of sp³-hybridized carbons (Fsp3) is 0.625.